The van der Waals surface area contributed by atoms with E-state index < -0.39 is 0 Å². The van der Waals surface area contributed by atoms with Gasteiger partial charge in [-0.3, -0.25) is 4.90 Å². The lowest BCUT2D eigenvalue weighted by Gasteiger charge is -2.26. The molecule has 2 unspecified atom stereocenters. The Hall–Kier alpha value is -1.36. The Morgan fingerprint density at radius 2 is 2.06 bits per heavy atom. The molecular weight excluding hydrogens is 226 g/mol. The highest BCUT2D eigenvalue weighted by atomic mass is 15.3. The predicted molar refractivity (Wildman–Crippen MR) is 73.0 cm³/mol. The third-order valence-electron chi connectivity index (χ3n) is 4.38. The van der Waals surface area contributed by atoms with E-state index in [9.17, 15) is 0 Å². The first-order chi connectivity index (χ1) is 8.78. The summed E-state index contributed by atoms with van der Waals surface area (Å²) in [5.74, 6) is 1.94. The van der Waals surface area contributed by atoms with Crippen molar-refractivity contribution in [1.82, 2.24) is 14.9 Å². The highest BCUT2D eigenvalue weighted by molar-refractivity contribution is 5.48. The Morgan fingerprint density at radius 1 is 1.22 bits per heavy atom. The van der Waals surface area contributed by atoms with Gasteiger partial charge in [0, 0.05) is 38.3 Å². The molecule has 0 saturated carbocycles. The zero-order valence-electron chi connectivity index (χ0n) is 11.1. The molecule has 0 radical (unpaired) electrons. The third kappa shape index (κ3) is 2.03. The molecule has 2 atom stereocenters. The average Bonchev–Trinajstić information content (AvgIpc) is 2.63. The number of anilines is 2. The van der Waals surface area contributed by atoms with E-state index in [4.69, 9.17) is 0 Å². The number of fused-ring (bicyclic) bond motifs is 2. The lowest BCUT2D eigenvalue weighted by Crippen LogP contribution is -2.37. The molecule has 2 saturated heterocycles. The van der Waals surface area contributed by atoms with Crippen LogP contribution in [-0.4, -0.2) is 54.1 Å². The molecule has 5 nitrogen and oxygen atoms in total. The Labute approximate surface area is 108 Å². The topological polar surface area (TPSA) is 44.3 Å². The Kier molecular flexibility index (Phi) is 3.07. The molecule has 2 bridgehead atoms. The molecule has 0 aliphatic carbocycles. The summed E-state index contributed by atoms with van der Waals surface area (Å²) in [4.78, 5) is 13.6. The van der Waals surface area contributed by atoms with Crippen LogP contribution < -0.4 is 10.2 Å². The van der Waals surface area contributed by atoms with E-state index in [0.29, 0.717) is 6.04 Å². The monoisotopic (exact) mass is 247 g/mol. The maximum atomic E-state index is 4.42. The van der Waals surface area contributed by atoms with Gasteiger partial charge in [0.2, 0.25) is 0 Å². The molecule has 0 aromatic carbocycles. The molecule has 98 valence electrons. The molecular formula is C13H21N5. The van der Waals surface area contributed by atoms with E-state index in [-0.39, 0.29) is 0 Å². The van der Waals surface area contributed by atoms with Crippen LogP contribution in [0.5, 0.6) is 0 Å². The summed E-state index contributed by atoms with van der Waals surface area (Å²) in [6, 6.07) is 3.50. The van der Waals surface area contributed by atoms with Gasteiger partial charge in [-0.2, -0.15) is 0 Å². The van der Waals surface area contributed by atoms with E-state index in [1.54, 1.807) is 6.33 Å². The van der Waals surface area contributed by atoms with Gasteiger partial charge in [0.15, 0.2) is 0 Å². The van der Waals surface area contributed by atoms with Crippen molar-refractivity contribution in [2.75, 3.05) is 37.4 Å². The molecule has 2 fully saturated rings. The van der Waals surface area contributed by atoms with Crippen molar-refractivity contribution < 1.29 is 0 Å². The van der Waals surface area contributed by atoms with Gasteiger partial charge in [0.05, 0.1) is 0 Å². The van der Waals surface area contributed by atoms with Gasteiger partial charge in [-0.25, -0.2) is 9.97 Å². The summed E-state index contributed by atoms with van der Waals surface area (Å²) in [6.45, 7) is 2.19. The second-order valence-corrected chi connectivity index (χ2v) is 5.30. The maximum absolute atomic E-state index is 4.42. The van der Waals surface area contributed by atoms with Gasteiger partial charge in [-0.15, -0.1) is 0 Å². The van der Waals surface area contributed by atoms with Crippen LogP contribution in [0.4, 0.5) is 11.6 Å². The standard InChI is InChI=1S/C13H21N5/c1-14-12-7-13(16-9-15-12)18-6-5-10-3-4-11(8-18)17(10)2/h7,9-11H,3-6,8H2,1-2H3,(H,14,15,16). The Morgan fingerprint density at radius 3 is 2.89 bits per heavy atom. The van der Waals surface area contributed by atoms with Crippen LogP contribution in [0.25, 0.3) is 0 Å². The lowest BCUT2D eigenvalue weighted by atomic mass is 10.1. The second-order valence-electron chi connectivity index (χ2n) is 5.30. The predicted octanol–water partition coefficient (Wildman–Crippen LogP) is 1.19. The van der Waals surface area contributed by atoms with Crippen LogP contribution in [0.2, 0.25) is 0 Å². The zero-order chi connectivity index (χ0) is 12.5. The highest BCUT2D eigenvalue weighted by Crippen LogP contribution is 2.30. The van der Waals surface area contributed by atoms with Crippen LogP contribution in [0.1, 0.15) is 19.3 Å². The quantitative estimate of drug-likeness (QED) is 0.850. The number of likely N-dealkylation sites (N-methyl/N-ethyl adjacent to an activating group) is 1. The second kappa shape index (κ2) is 4.72. The van der Waals surface area contributed by atoms with Gasteiger partial charge in [0.1, 0.15) is 18.0 Å². The van der Waals surface area contributed by atoms with Gasteiger partial charge >= 0.3 is 0 Å². The molecule has 1 N–H and O–H groups in total. The number of aromatic nitrogens is 2. The van der Waals surface area contributed by atoms with Crippen molar-refractivity contribution in [3.05, 3.63) is 12.4 Å². The number of hydrogen-bond acceptors (Lipinski definition) is 5. The molecule has 1 aromatic heterocycles. The summed E-state index contributed by atoms with van der Waals surface area (Å²) in [6.07, 6.45) is 5.57. The first kappa shape index (κ1) is 11.7. The van der Waals surface area contributed by atoms with Gasteiger partial charge < -0.3 is 10.2 Å². The zero-order valence-corrected chi connectivity index (χ0v) is 11.1. The molecule has 1 aromatic rings. The molecule has 3 heterocycles. The first-order valence-electron chi connectivity index (χ1n) is 6.74. The minimum Gasteiger partial charge on any atom is -0.373 e. The molecule has 2 aliphatic heterocycles. The number of rotatable bonds is 2. The fourth-order valence-corrected chi connectivity index (χ4v) is 3.17. The summed E-state index contributed by atoms with van der Waals surface area (Å²) >= 11 is 0. The third-order valence-corrected chi connectivity index (χ3v) is 4.38. The fourth-order valence-electron chi connectivity index (χ4n) is 3.17. The van der Waals surface area contributed by atoms with Crippen LogP contribution in [0.3, 0.4) is 0 Å². The van der Waals surface area contributed by atoms with Crippen LogP contribution in [-0.2, 0) is 0 Å². The van der Waals surface area contributed by atoms with Gasteiger partial charge in [0.25, 0.3) is 0 Å². The SMILES string of the molecule is CNc1cc(N2CCC3CCC(C2)N3C)ncn1. The first-order valence-corrected chi connectivity index (χ1v) is 6.74. The van der Waals surface area contributed by atoms with Crippen molar-refractivity contribution in [3.63, 3.8) is 0 Å². The minimum atomic E-state index is 0.686. The summed E-state index contributed by atoms with van der Waals surface area (Å²) in [7, 11) is 4.16. The smallest absolute Gasteiger partial charge is 0.134 e. The highest BCUT2D eigenvalue weighted by Gasteiger charge is 2.34. The van der Waals surface area contributed by atoms with Gasteiger partial charge in [-0.05, 0) is 26.3 Å². The number of hydrogen-bond donors (Lipinski definition) is 1. The number of nitrogens with zero attached hydrogens (tertiary/aromatic N) is 4. The molecule has 3 rings (SSSR count). The van der Waals surface area contributed by atoms with Crippen molar-refractivity contribution in [2.45, 2.75) is 31.3 Å². The van der Waals surface area contributed by atoms with E-state index in [1.165, 1.54) is 19.3 Å². The Bertz CT molecular complexity index is 422. The minimum absolute atomic E-state index is 0.686. The maximum Gasteiger partial charge on any atom is 0.134 e. The average molecular weight is 247 g/mol. The largest absolute Gasteiger partial charge is 0.373 e. The lowest BCUT2D eigenvalue weighted by molar-refractivity contribution is 0.254. The van der Waals surface area contributed by atoms with Crippen molar-refractivity contribution in [1.29, 1.82) is 0 Å². The van der Waals surface area contributed by atoms with E-state index in [0.717, 1.165) is 30.8 Å². The van der Waals surface area contributed by atoms with E-state index in [2.05, 4.69) is 32.1 Å². The number of nitrogens with one attached hydrogen (secondary N) is 1. The normalized spacial score (nSPS) is 28.2. The van der Waals surface area contributed by atoms with E-state index in [1.807, 2.05) is 13.1 Å². The summed E-state index contributed by atoms with van der Waals surface area (Å²) < 4.78 is 0. The van der Waals surface area contributed by atoms with Crippen LogP contribution in [0, 0.1) is 0 Å². The molecule has 2 aliphatic rings. The van der Waals surface area contributed by atoms with Crippen molar-refractivity contribution >= 4 is 11.6 Å². The van der Waals surface area contributed by atoms with Crippen molar-refractivity contribution in [2.24, 2.45) is 0 Å². The summed E-state index contributed by atoms with van der Waals surface area (Å²) in [5, 5.41) is 3.08. The van der Waals surface area contributed by atoms with Crippen LogP contribution >= 0.6 is 0 Å². The van der Waals surface area contributed by atoms with Crippen molar-refractivity contribution in [3.8, 4) is 0 Å². The molecule has 0 spiro atoms. The van der Waals surface area contributed by atoms with Gasteiger partial charge in [-0.1, -0.05) is 0 Å². The molecule has 0 amide bonds. The molecule has 18 heavy (non-hydrogen) atoms. The van der Waals surface area contributed by atoms with E-state index >= 15 is 0 Å². The van der Waals surface area contributed by atoms with Crippen LogP contribution in [0.15, 0.2) is 12.4 Å². The fraction of sp³-hybridized carbons (Fsp3) is 0.692. The summed E-state index contributed by atoms with van der Waals surface area (Å²) in [5.41, 5.74) is 0. The molecule has 5 heteroatoms. The Balaban J connectivity index is 1.80.